The minimum atomic E-state index is 0.672. The highest BCUT2D eigenvalue weighted by atomic mass is 16.3. The molecule has 12 rings (SSSR count). The number of nitrogens with zero attached hydrogens (tertiary/aromatic N) is 3. The van der Waals surface area contributed by atoms with Crippen molar-refractivity contribution >= 4 is 43.9 Å². The summed E-state index contributed by atoms with van der Waals surface area (Å²) in [5, 5.41) is 4.33. The van der Waals surface area contributed by atoms with Gasteiger partial charge >= 0.3 is 0 Å². The van der Waals surface area contributed by atoms with E-state index in [2.05, 4.69) is 157 Å². The molecule has 4 aromatic heterocycles. The molecule has 0 saturated heterocycles. The Morgan fingerprint density at radius 1 is 0.323 bits per heavy atom. The molecule has 0 atom stereocenters. The molecule has 12 aromatic rings. The first kappa shape index (κ1) is 35.5. The van der Waals surface area contributed by atoms with Crippen LogP contribution in [-0.2, 0) is 0 Å². The van der Waals surface area contributed by atoms with E-state index in [9.17, 15) is 0 Å². The number of pyridine rings is 1. The Bertz CT molecular complexity index is 3590. The van der Waals surface area contributed by atoms with Gasteiger partial charge in [-0.2, -0.15) is 0 Å². The van der Waals surface area contributed by atoms with Crippen molar-refractivity contribution in [3.8, 4) is 78.4 Å². The number of para-hydroxylation sites is 3. The highest BCUT2D eigenvalue weighted by molar-refractivity contribution is 6.18. The molecule has 5 nitrogen and oxygen atoms in total. The van der Waals surface area contributed by atoms with Gasteiger partial charge in [-0.1, -0.05) is 170 Å². The molecule has 0 aliphatic carbocycles. The van der Waals surface area contributed by atoms with E-state index in [0.29, 0.717) is 5.82 Å². The number of furan rings is 2. The van der Waals surface area contributed by atoms with Crippen LogP contribution in [0.25, 0.3) is 122 Å². The molecule has 8 aromatic carbocycles. The van der Waals surface area contributed by atoms with E-state index >= 15 is 0 Å². The average Bonchev–Trinajstić information content (AvgIpc) is 3.94. The molecule has 290 valence electrons. The molecular formula is C57H35N3O2. The topological polar surface area (TPSA) is 65.0 Å². The highest BCUT2D eigenvalue weighted by Gasteiger charge is 2.21. The van der Waals surface area contributed by atoms with E-state index in [1.54, 1.807) is 6.20 Å². The van der Waals surface area contributed by atoms with E-state index < -0.39 is 0 Å². The Kier molecular flexibility index (Phi) is 8.42. The Morgan fingerprint density at radius 2 is 0.839 bits per heavy atom. The molecule has 4 heterocycles. The maximum absolute atomic E-state index is 6.72. The van der Waals surface area contributed by atoms with Crippen LogP contribution in [0.5, 0.6) is 0 Å². The fourth-order valence-corrected chi connectivity index (χ4v) is 8.74. The fraction of sp³-hybridized carbons (Fsp3) is 0. The van der Waals surface area contributed by atoms with Crippen LogP contribution in [0.4, 0.5) is 0 Å². The van der Waals surface area contributed by atoms with Gasteiger partial charge in [0.05, 0.1) is 11.4 Å². The van der Waals surface area contributed by atoms with Gasteiger partial charge in [-0.15, -0.1) is 0 Å². The van der Waals surface area contributed by atoms with Crippen LogP contribution in [0.1, 0.15) is 0 Å². The summed E-state index contributed by atoms with van der Waals surface area (Å²) in [5.74, 6) is 0.672. The van der Waals surface area contributed by atoms with Crippen LogP contribution in [0, 0.1) is 0 Å². The average molecular weight is 794 g/mol. The largest absolute Gasteiger partial charge is 0.455 e. The van der Waals surface area contributed by atoms with Crippen molar-refractivity contribution in [1.82, 2.24) is 15.0 Å². The van der Waals surface area contributed by atoms with E-state index in [1.807, 2.05) is 54.7 Å². The maximum Gasteiger partial charge on any atom is 0.160 e. The van der Waals surface area contributed by atoms with Crippen LogP contribution in [0.3, 0.4) is 0 Å². The standard InChI is InChI=1S/C57H35N3O2/c1-2-10-40(11-3-1)50-34-51(60-57(59-50)42-29-23-37(24-30-42)36-19-21-38(22-20-36)43-12-9-33-58-35-43)41-27-25-39(26-28-41)44-31-32-48(56-54(44)49-14-5-7-18-53(49)62-56)47-16-8-15-46-45-13-4-6-17-52(45)61-55(46)47/h1-35H. The van der Waals surface area contributed by atoms with Crippen molar-refractivity contribution in [3.05, 3.63) is 213 Å². The number of aromatic nitrogens is 3. The minimum Gasteiger partial charge on any atom is -0.455 e. The predicted octanol–water partition coefficient (Wildman–Crippen LogP) is 15.3. The Morgan fingerprint density at radius 3 is 1.55 bits per heavy atom. The SMILES string of the molecule is c1ccc(-c2cc(-c3ccc(-c4ccc(-c5cccc6c5oc5ccccc56)c5oc6ccccc6c45)cc3)nc(-c3ccc(-c4ccc(-c5cccnc5)cc4)cc3)n2)cc1. The Balaban J connectivity index is 0.920. The van der Waals surface area contributed by atoms with Gasteiger partial charge in [-0.3, -0.25) is 4.98 Å². The van der Waals surface area contributed by atoms with Gasteiger partial charge in [0, 0.05) is 61.8 Å². The molecule has 0 N–H and O–H groups in total. The first-order chi connectivity index (χ1) is 30.7. The Hall–Kier alpha value is -8.41. The summed E-state index contributed by atoms with van der Waals surface area (Å²) in [6.45, 7) is 0. The highest BCUT2D eigenvalue weighted by Crippen LogP contribution is 2.45. The predicted molar refractivity (Wildman–Crippen MR) is 252 cm³/mol. The zero-order chi connectivity index (χ0) is 41.0. The molecule has 0 fully saturated rings. The summed E-state index contributed by atoms with van der Waals surface area (Å²) in [5.41, 5.74) is 16.8. The lowest BCUT2D eigenvalue weighted by Gasteiger charge is -2.12. The van der Waals surface area contributed by atoms with E-state index in [1.165, 1.54) is 0 Å². The Labute approximate surface area is 357 Å². The molecule has 5 heteroatoms. The quantitative estimate of drug-likeness (QED) is 0.161. The molecule has 0 saturated carbocycles. The van der Waals surface area contributed by atoms with Crippen molar-refractivity contribution < 1.29 is 8.83 Å². The molecule has 0 spiro atoms. The van der Waals surface area contributed by atoms with Gasteiger partial charge in [-0.25, -0.2) is 9.97 Å². The van der Waals surface area contributed by atoms with Gasteiger partial charge in [0.2, 0.25) is 0 Å². The summed E-state index contributed by atoms with van der Waals surface area (Å²) < 4.78 is 13.2. The maximum atomic E-state index is 6.72. The summed E-state index contributed by atoms with van der Waals surface area (Å²) in [4.78, 5) is 14.5. The second kappa shape index (κ2) is 14.7. The van der Waals surface area contributed by atoms with Crippen LogP contribution >= 0.6 is 0 Å². The first-order valence-electron chi connectivity index (χ1n) is 20.7. The lowest BCUT2D eigenvalue weighted by Crippen LogP contribution is -1.96. The van der Waals surface area contributed by atoms with Gasteiger partial charge in [0.1, 0.15) is 22.3 Å². The van der Waals surface area contributed by atoms with Gasteiger partial charge < -0.3 is 8.83 Å². The van der Waals surface area contributed by atoms with Crippen LogP contribution < -0.4 is 0 Å². The molecular weight excluding hydrogens is 759 g/mol. The number of fused-ring (bicyclic) bond motifs is 6. The molecule has 0 aliphatic heterocycles. The number of benzene rings is 8. The third-order valence-electron chi connectivity index (χ3n) is 11.9. The second-order valence-electron chi connectivity index (χ2n) is 15.5. The monoisotopic (exact) mass is 793 g/mol. The third kappa shape index (κ3) is 6.14. The van der Waals surface area contributed by atoms with Crippen LogP contribution in [-0.4, -0.2) is 15.0 Å². The third-order valence-corrected chi connectivity index (χ3v) is 11.9. The van der Waals surface area contributed by atoms with Gasteiger partial charge in [0.15, 0.2) is 5.82 Å². The zero-order valence-corrected chi connectivity index (χ0v) is 33.4. The molecule has 0 amide bonds. The molecule has 62 heavy (non-hydrogen) atoms. The lowest BCUT2D eigenvalue weighted by atomic mass is 9.93. The summed E-state index contributed by atoms with van der Waals surface area (Å²) >= 11 is 0. The lowest BCUT2D eigenvalue weighted by molar-refractivity contribution is 0.665. The number of rotatable bonds is 7. The van der Waals surface area contributed by atoms with Crippen LogP contribution in [0.2, 0.25) is 0 Å². The minimum absolute atomic E-state index is 0.672. The van der Waals surface area contributed by atoms with E-state index in [0.717, 1.165) is 116 Å². The van der Waals surface area contributed by atoms with E-state index in [4.69, 9.17) is 18.8 Å². The summed E-state index contributed by atoms with van der Waals surface area (Å²) in [6.07, 6.45) is 3.68. The first-order valence-corrected chi connectivity index (χ1v) is 20.7. The molecule has 0 bridgehead atoms. The zero-order valence-electron chi connectivity index (χ0n) is 33.4. The van der Waals surface area contributed by atoms with Crippen molar-refractivity contribution in [2.45, 2.75) is 0 Å². The smallest absolute Gasteiger partial charge is 0.160 e. The summed E-state index contributed by atoms with van der Waals surface area (Å²) in [7, 11) is 0. The van der Waals surface area contributed by atoms with Gasteiger partial charge in [-0.05, 0) is 63.7 Å². The summed E-state index contributed by atoms with van der Waals surface area (Å²) in [6, 6.07) is 69.4. The number of hydrogen-bond donors (Lipinski definition) is 0. The second-order valence-corrected chi connectivity index (χ2v) is 15.5. The number of hydrogen-bond acceptors (Lipinski definition) is 5. The van der Waals surface area contributed by atoms with Crippen molar-refractivity contribution in [1.29, 1.82) is 0 Å². The molecule has 0 aliphatic rings. The van der Waals surface area contributed by atoms with E-state index in [-0.39, 0.29) is 0 Å². The van der Waals surface area contributed by atoms with Crippen LogP contribution in [0.15, 0.2) is 221 Å². The van der Waals surface area contributed by atoms with Crippen molar-refractivity contribution in [2.75, 3.05) is 0 Å². The van der Waals surface area contributed by atoms with Crippen molar-refractivity contribution in [3.63, 3.8) is 0 Å². The molecule has 0 radical (unpaired) electrons. The molecule has 0 unspecified atom stereocenters. The fourth-order valence-electron chi connectivity index (χ4n) is 8.74. The van der Waals surface area contributed by atoms with Gasteiger partial charge in [0.25, 0.3) is 0 Å². The van der Waals surface area contributed by atoms with Crippen molar-refractivity contribution in [2.24, 2.45) is 0 Å². The normalized spacial score (nSPS) is 11.5.